The van der Waals surface area contributed by atoms with Crippen molar-refractivity contribution in [1.29, 1.82) is 0 Å². The highest BCUT2D eigenvalue weighted by Gasteiger charge is 2.19. The quantitative estimate of drug-likeness (QED) is 0.547. The molecule has 3 rings (SSSR count). The first-order chi connectivity index (χ1) is 13.5. The predicted molar refractivity (Wildman–Crippen MR) is 103 cm³/mol. The highest BCUT2D eigenvalue weighted by molar-refractivity contribution is 7.13. The van der Waals surface area contributed by atoms with Gasteiger partial charge in [-0.1, -0.05) is 0 Å². The van der Waals surface area contributed by atoms with E-state index < -0.39 is 5.97 Å². The summed E-state index contributed by atoms with van der Waals surface area (Å²) in [7, 11) is 4.43. The molecule has 0 aliphatic rings. The van der Waals surface area contributed by atoms with Crippen molar-refractivity contribution in [2.24, 2.45) is 0 Å². The molecule has 6 nitrogen and oxygen atoms in total. The van der Waals surface area contributed by atoms with E-state index >= 15 is 0 Å². The number of hydrogen-bond donors (Lipinski definition) is 0. The third kappa shape index (κ3) is 4.23. The number of thiazole rings is 1. The topological polar surface area (TPSA) is 66.9 Å². The maximum Gasteiger partial charge on any atom is 0.342 e. The van der Waals surface area contributed by atoms with Gasteiger partial charge in [-0.05, 0) is 24.3 Å². The van der Waals surface area contributed by atoms with E-state index in [1.807, 2.05) is 0 Å². The molecule has 146 valence electrons. The zero-order valence-electron chi connectivity index (χ0n) is 15.5. The van der Waals surface area contributed by atoms with Gasteiger partial charge in [0.25, 0.3) is 0 Å². The van der Waals surface area contributed by atoms with E-state index in [0.29, 0.717) is 22.9 Å². The van der Waals surface area contributed by atoms with Crippen molar-refractivity contribution in [3.05, 3.63) is 58.9 Å². The van der Waals surface area contributed by atoms with Crippen LogP contribution < -0.4 is 14.2 Å². The molecule has 1 aromatic heterocycles. The molecule has 0 atom stereocenters. The lowest BCUT2D eigenvalue weighted by Gasteiger charge is -2.13. The molecule has 3 aromatic rings. The first kappa shape index (κ1) is 19.6. The second kappa shape index (κ2) is 8.71. The lowest BCUT2D eigenvalue weighted by atomic mass is 10.1. The molecule has 0 aliphatic carbocycles. The molecule has 0 fully saturated rings. The summed E-state index contributed by atoms with van der Waals surface area (Å²) in [5.74, 6) is 0.266. The van der Waals surface area contributed by atoms with Crippen molar-refractivity contribution in [3.63, 3.8) is 0 Å². The van der Waals surface area contributed by atoms with Crippen LogP contribution in [0.3, 0.4) is 0 Å². The molecule has 0 spiro atoms. The smallest absolute Gasteiger partial charge is 0.342 e. The Morgan fingerprint density at radius 3 is 2.29 bits per heavy atom. The van der Waals surface area contributed by atoms with Crippen LogP contribution in [0.2, 0.25) is 0 Å². The average molecular weight is 403 g/mol. The van der Waals surface area contributed by atoms with Gasteiger partial charge in [0, 0.05) is 23.1 Å². The number of methoxy groups -OCH3 is 3. The molecule has 28 heavy (non-hydrogen) atoms. The third-order valence-corrected chi connectivity index (χ3v) is 4.86. The maximum atomic E-state index is 13.0. The van der Waals surface area contributed by atoms with E-state index in [4.69, 9.17) is 18.9 Å². The number of carbonyl (C=O) groups is 1. The van der Waals surface area contributed by atoms with Gasteiger partial charge in [-0.2, -0.15) is 0 Å². The normalized spacial score (nSPS) is 10.4. The Kier molecular flexibility index (Phi) is 6.10. The van der Waals surface area contributed by atoms with E-state index in [1.165, 1.54) is 50.9 Å². The second-order valence-corrected chi connectivity index (χ2v) is 6.49. The van der Waals surface area contributed by atoms with Gasteiger partial charge in [0.15, 0.2) is 11.5 Å². The van der Waals surface area contributed by atoms with E-state index in [-0.39, 0.29) is 18.0 Å². The molecule has 0 N–H and O–H groups in total. The number of aromatic nitrogens is 1. The minimum atomic E-state index is -0.575. The predicted octanol–water partition coefficient (Wildman–Crippen LogP) is 4.33. The Morgan fingerprint density at radius 2 is 1.64 bits per heavy atom. The SMILES string of the molecule is COc1cc(OC)c(C(=O)OCc2csc(-c3ccc(F)cc3)n2)cc1OC. The van der Waals surface area contributed by atoms with Crippen LogP contribution in [0.25, 0.3) is 10.6 Å². The van der Waals surface area contributed by atoms with Crippen LogP contribution in [-0.2, 0) is 11.3 Å². The molecule has 0 saturated heterocycles. The number of halogens is 1. The van der Waals surface area contributed by atoms with Crippen LogP contribution in [0.15, 0.2) is 41.8 Å². The number of ether oxygens (including phenoxy) is 4. The van der Waals surface area contributed by atoms with Gasteiger partial charge in [-0.25, -0.2) is 14.2 Å². The zero-order valence-corrected chi connectivity index (χ0v) is 16.3. The summed E-state index contributed by atoms with van der Waals surface area (Å²) in [5, 5.41) is 2.51. The van der Waals surface area contributed by atoms with Crippen LogP contribution in [0.5, 0.6) is 17.2 Å². The molecule has 2 aromatic carbocycles. The first-order valence-corrected chi connectivity index (χ1v) is 9.11. The van der Waals surface area contributed by atoms with Crippen LogP contribution >= 0.6 is 11.3 Å². The molecule has 0 saturated carbocycles. The van der Waals surface area contributed by atoms with E-state index in [0.717, 1.165) is 10.6 Å². The summed E-state index contributed by atoms with van der Waals surface area (Å²) < 4.78 is 34.1. The Bertz CT molecular complexity index is 971. The number of hydrogen-bond acceptors (Lipinski definition) is 7. The molecule has 0 amide bonds. The monoisotopic (exact) mass is 403 g/mol. The number of nitrogens with zero attached hydrogens (tertiary/aromatic N) is 1. The molecule has 0 radical (unpaired) electrons. The van der Waals surface area contributed by atoms with Crippen molar-refractivity contribution < 1.29 is 28.1 Å². The second-order valence-electron chi connectivity index (χ2n) is 5.63. The molecule has 0 aliphatic heterocycles. The average Bonchev–Trinajstić information content (AvgIpc) is 3.20. The summed E-state index contributed by atoms with van der Waals surface area (Å²) in [6, 6.07) is 9.12. The van der Waals surface area contributed by atoms with Crippen LogP contribution in [-0.4, -0.2) is 32.3 Å². The lowest BCUT2D eigenvalue weighted by molar-refractivity contribution is 0.0464. The Hall–Kier alpha value is -3.13. The van der Waals surface area contributed by atoms with E-state index in [2.05, 4.69) is 4.98 Å². The van der Waals surface area contributed by atoms with Crippen LogP contribution in [0, 0.1) is 5.82 Å². The fourth-order valence-electron chi connectivity index (χ4n) is 2.50. The van der Waals surface area contributed by atoms with Gasteiger partial charge in [0.2, 0.25) is 0 Å². The first-order valence-electron chi connectivity index (χ1n) is 8.23. The summed E-state index contributed by atoms with van der Waals surface area (Å²) in [4.78, 5) is 16.9. The summed E-state index contributed by atoms with van der Waals surface area (Å²) >= 11 is 1.39. The standard InChI is InChI=1S/C20H18FNO5S/c1-24-16-9-18(26-3)17(25-2)8-15(16)20(23)27-10-14-11-28-19(22-14)12-4-6-13(21)7-5-12/h4-9,11H,10H2,1-3H3. The molecule has 0 bridgehead atoms. The van der Waals surface area contributed by atoms with Crippen molar-refractivity contribution in [1.82, 2.24) is 4.98 Å². The minimum absolute atomic E-state index is 0.00593. The van der Waals surface area contributed by atoms with Crippen molar-refractivity contribution >= 4 is 17.3 Å². The van der Waals surface area contributed by atoms with Gasteiger partial charge in [-0.15, -0.1) is 11.3 Å². The Balaban J connectivity index is 1.73. The van der Waals surface area contributed by atoms with Gasteiger partial charge in [0.1, 0.15) is 28.7 Å². The van der Waals surface area contributed by atoms with Crippen LogP contribution in [0.1, 0.15) is 16.1 Å². The van der Waals surface area contributed by atoms with Gasteiger partial charge in [-0.3, -0.25) is 0 Å². The van der Waals surface area contributed by atoms with Crippen molar-refractivity contribution in [2.75, 3.05) is 21.3 Å². The highest BCUT2D eigenvalue weighted by atomic mass is 32.1. The van der Waals surface area contributed by atoms with E-state index in [1.54, 1.807) is 23.6 Å². The fraction of sp³-hybridized carbons (Fsp3) is 0.200. The van der Waals surface area contributed by atoms with Gasteiger partial charge < -0.3 is 18.9 Å². The number of carbonyl (C=O) groups excluding carboxylic acids is 1. The van der Waals surface area contributed by atoms with E-state index in [9.17, 15) is 9.18 Å². The molecular weight excluding hydrogens is 385 g/mol. The van der Waals surface area contributed by atoms with Crippen LogP contribution in [0.4, 0.5) is 4.39 Å². The number of rotatable bonds is 7. The maximum absolute atomic E-state index is 13.0. The van der Waals surface area contributed by atoms with Gasteiger partial charge >= 0.3 is 5.97 Å². The zero-order chi connectivity index (χ0) is 20.1. The molecule has 0 unspecified atom stereocenters. The highest BCUT2D eigenvalue weighted by Crippen LogP contribution is 2.35. The Labute approximate surface area is 165 Å². The summed E-state index contributed by atoms with van der Waals surface area (Å²) in [6.45, 7) is -0.00593. The minimum Gasteiger partial charge on any atom is -0.496 e. The molecular formula is C20H18FNO5S. The van der Waals surface area contributed by atoms with Crippen molar-refractivity contribution in [3.8, 4) is 27.8 Å². The van der Waals surface area contributed by atoms with Gasteiger partial charge in [0.05, 0.1) is 27.0 Å². The largest absolute Gasteiger partial charge is 0.496 e. The number of esters is 1. The number of benzene rings is 2. The fourth-order valence-corrected chi connectivity index (χ4v) is 3.31. The molecule has 1 heterocycles. The van der Waals surface area contributed by atoms with Crippen molar-refractivity contribution in [2.45, 2.75) is 6.61 Å². The third-order valence-electron chi connectivity index (χ3n) is 3.92. The Morgan fingerprint density at radius 1 is 1.00 bits per heavy atom. The summed E-state index contributed by atoms with van der Waals surface area (Å²) in [5.41, 5.74) is 1.61. The molecule has 8 heteroatoms. The summed E-state index contributed by atoms with van der Waals surface area (Å²) in [6.07, 6.45) is 0. The lowest BCUT2D eigenvalue weighted by Crippen LogP contribution is -2.08.